The number of anilines is 1. The second kappa shape index (κ2) is 5.10. The molecule has 0 aromatic heterocycles. The number of aliphatic hydroxyl groups excluding tert-OH is 2. The van der Waals surface area contributed by atoms with Gasteiger partial charge in [0.2, 0.25) is 0 Å². The van der Waals surface area contributed by atoms with Crippen molar-refractivity contribution in [2.45, 2.75) is 24.9 Å². The van der Waals surface area contributed by atoms with Crippen molar-refractivity contribution in [3.63, 3.8) is 0 Å². The predicted octanol–water partition coefficient (Wildman–Crippen LogP) is -1.22. The number of rotatable bonds is 3. The van der Waals surface area contributed by atoms with E-state index in [1.165, 1.54) is 6.33 Å². The minimum Gasteiger partial charge on any atom is -0.394 e. The van der Waals surface area contributed by atoms with Crippen LogP contribution >= 0.6 is 0 Å². The molecule has 1 saturated heterocycles. The number of aromatic nitrogens is 4. The van der Waals surface area contributed by atoms with Gasteiger partial charge in [-0.15, -0.1) is 0 Å². The predicted molar refractivity (Wildman–Crippen MR) is 73.2 cm³/mol. The fraction of sp³-hybridized carbons (Fsp3) is 0.583. The first-order valence-electron chi connectivity index (χ1n) is 6.60. The summed E-state index contributed by atoms with van der Waals surface area (Å²) in [5, 5.41) is 19.0. The monoisotopic (exact) mass is 295 g/mol. The van der Waals surface area contributed by atoms with E-state index in [1.807, 2.05) is 19.0 Å². The van der Waals surface area contributed by atoms with Crippen LogP contribution in [0.2, 0.25) is 0 Å². The van der Waals surface area contributed by atoms with Crippen molar-refractivity contribution in [3.8, 4) is 11.5 Å². The molecule has 0 amide bonds. The van der Waals surface area contributed by atoms with Crippen LogP contribution < -0.4 is 10.6 Å². The standard InChI is InChI=1S/C12H17N5O4/c1-16(2)11-9-10(15-12(20)14-9)13-5-17(11)8-3-6(19)7(4-18)21-8/h5-8,18-19H,3-4H2,1-2H3,(H,14,20)/t6-,7+,8?/m0/s1. The van der Waals surface area contributed by atoms with Crippen LogP contribution in [0.15, 0.2) is 11.1 Å². The fourth-order valence-electron chi connectivity index (χ4n) is 2.61. The molecule has 3 atom stereocenters. The fourth-order valence-corrected chi connectivity index (χ4v) is 2.61. The second-order valence-electron chi connectivity index (χ2n) is 5.23. The summed E-state index contributed by atoms with van der Waals surface area (Å²) in [7, 11) is 3.65. The third kappa shape index (κ3) is 2.28. The number of hydrogen-bond donors (Lipinski definition) is 3. The Kier molecular flexibility index (Phi) is 3.40. The lowest BCUT2D eigenvalue weighted by Crippen LogP contribution is -2.25. The highest BCUT2D eigenvalue weighted by Gasteiger charge is 2.36. The van der Waals surface area contributed by atoms with Gasteiger partial charge in [0.05, 0.1) is 12.7 Å². The normalized spacial score (nSPS) is 25.6. The van der Waals surface area contributed by atoms with Gasteiger partial charge >= 0.3 is 5.69 Å². The molecule has 0 aromatic carbocycles. The number of fused-ring (bicyclic) bond motifs is 1. The lowest BCUT2D eigenvalue weighted by molar-refractivity contribution is -0.0442. The Hall–Kier alpha value is -1.97. The number of imidazole rings is 1. The largest absolute Gasteiger partial charge is 0.394 e. The third-order valence-corrected chi connectivity index (χ3v) is 3.55. The van der Waals surface area contributed by atoms with Crippen molar-refractivity contribution < 1.29 is 14.9 Å². The molecule has 3 N–H and O–H groups in total. The van der Waals surface area contributed by atoms with E-state index in [0.29, 0.717) is 23.8 Å². The molecule has 3 rings (SSSR count). The van der Waals surface area contributed by atoms with Crippen LogP contribution in [0.3, 0.4) is 0 Å². The number of hydrogen-bond acceptors (Lipinski definition) is 7. The van der Waals surface area contributed by atoms with E-state index in [0.717, 1.165) is 0 Å². The molecule has 0 radical (unpaired) electrons. The molecule has 0 aliphatic carbocycles. The number of nitrogens with one attached hydrogen (secondary N) is 1. The van der Waals surface area contributed by atoms with Gasteiger partial charge in [0.25, 0.3) is 0 Å². The summed E-state index contributed by atoms with van der Waals surface area (Å²) in [6.45, 7) is -0.250. The molecule has 3 heterocycles. The third-order valence-electron chi connectivity index (χ3n) is 3.55. The van der Waals surface area contributed by atoms with Gasteiger partial charge in [-0.25, -0.2) is 9.78 Å². The Morgan fingerprint density at radius 3 is 2.95 bits per heavy atom. The average molecular weight is 295 g/mol. The Balaban J connectivity index is 2.08. The first kappa shape index (κ1) is 14.0. The summed E-state index contributed by atoms with van der Waals surface area (Å²) in [6.07, 6.45) is 0.0298. The lowest BCUT2D eigenvalue weighted by atomic mass is 10.2. The molecule has 0 spiro atoms. The molecule has 9 heteroatoms. The summed E-state index contributed by atoms with van der Waals surface area (Å²) in [6, 6.07) is 0. The van der Waals surface area contributed by atoms with Crippen LogP contribution in [0, 0.1) is 0 Å². The van der Waals surface area contributed by atoms with Crippen molar-refractivity contribution in [1.82, 2.24) is 19.5 Å². The SMILES string of the molecule is CN(C)c1c2[nH]c(=O)nc-2ncn1C1C[C@H](O)[C@@H](CO)O1. The maximum atomic E-state index is 11.4. The number of aliphatic hydroxyl groups is 2. The molecule has 0 saturated carbocycles. The summed E-state index contributed by atoms with van der Waals surface area (Å²) >= 11 is 0. The lowest BCUT2D eigenvalue weighted by Gasteiger charge is -2.25. The van der Waals surface area contributed by atoms with Gasteiger partial charge < -0.3 is 19.8 Å². The first-order chi connectivity index (χ1) is 10.0. The Morgan fingerprint density at radius 1 is 1.57 bits per heavy atom. The number of ether oxygens (including phenoxy) is 1. The van der Waals surface area contributed by atoms with Gasteiger partial charge in [0.1, 0.15) is 30.2 Å². The average Bonchev–Trinajstić information content (AvgIpc) is 2.98. The van der Waals surface area contributed by atoms with Crippen molar-refractivity contribution in [2.24, 2.45) is 0 Å². The van der Waals surface area contributed by atoms with Gasteiger partial charge in [-0.05, 0) is 0 Å². The van der Waals surface area contributed by atoms with E-state index in [-0.39, 0.29) is 6.61 Å². The van der Waals surface area contributed by atoms with E-state index < -0.39 is 24.1 Å². The van der Waals surface area contributed by atoms with Crippen molar-refractivity contribution in [3.05, 3.63) is 16.8 Å². The molecular formula is C12H17N5O4. The Labute approximate surface area is 120 Å². The number of nitrogens with zero attached hydrogens (tertiary/aromatic N) is 4. The maximum absolute atomic E-state index is 11.4. The quantitative estimate of drug-likeness (QED) is 0.649. The highest BCUT2D eigenvalue weighted by molar-refractivity contribution is 5.67. The molecule has 21 heavy (non-hydrogen) atoms. The maximum Gasteiger partial charge on any atom is 0.347 e. The smallest absolute Gasteiger partial charge is 0.347 e. The number of H-pyrrole nitrogens is 1. The zero-order valence-electron chi connectivity index (χ0n) is 11.7. The highest BCUT2D eigenvalue weighted by atomic mass is 16.5. The molecule has 1 fully saturated rings. The van der Waals surface area contributed by atoms with E-state index in [1.54, 1.807) is 4.57 Å². The zero-order valence-corrected chi connectivity index (χ0v) is 11.7. The Bertz CT molecular complexity index is 666. The molecule has 3 aliphatic rings. The van der Waals surface area contributed by atoms with Crippen molar-refractivity contribution in [2.75, 3.05) is 25.6 Å². The van der Waals surface area contributed by atoms with E-state index in [4.69, 9.17) is 4.74 Å². The van der Waals surface area contributed by atoms with Gasteiger partial charge in [0.15, 0.2) is 5.82 Å². The van der Waals surface area contributed by atoms with Crippen molar-refractivity contribution >= 4 is 5.82 Å². The van der Waals surface area contributed by atoms with Crippen LogP contribution in [0.5, 0.6) is 0 Å². The topological polar surface area (TPSA) is 117 Å². The summed E-state index contributed by atoms with van der Waals surface area (Å²) in [5.41, 5.74) is 0.0528. The van der Waals surface area contributed by atoms with Gasteiger partial charge in [0, 0.05) is 20.5 Å². The summed E-state index contributed by atoms with van der Waals surface area (Å²) in [5.74, 6) is 1.00. The number of aromatic amines is 1. The van der Waals surface area contributed by atoms with Crippen LogP contribution in [-0.4, -0.2) is 62.6 Å². The molecule has 114 valence electrons. The summed E-state index contributed by atoms with van der Waals surface area (Å²) in [4.78, 5) is 23.8. The van der Waals surface area contributed by atoms with E-state index >= 15 is 0 Å². The summed E-state index contributed by atoms with van der Waals surface area (Å²) < 4.78 is 7.36. The molecule has 3 aliphatic heterocycles. The van der Waals surface area contributed by atoms with Crippen LogP contribution in [0.4, 0.5) is 5.82 Å². The Morgan fingerprint density at radius 2 is 2.33 bits per heavy atom. The minimum atomic E-state index is -0.741. The second-order valence-corrected chi connectivity index (χ2v) is 5.23. The van der Waals surface area contributed by atoms with Crippen LogP contribution in [0.1, 0.15) is 12.6 Å². The highest BCUT2D eigenvalue weighted by Crippen LogP contribution is 2.34. The molecule has 1 unspecified atom stereocenters. The van der Waals surface area contributed by atoms with E-state index in [2.05, 4.69) is 15.0 Å². The molecule has 0 bridgehead atoms. The molecular weight excluding hydrogens is 278 g/mol. The van der Waals surface area contributed by atoms with E-state index in [9.17, 15) is 15.0 Å². The minimum absolute atomic E-state index is 0.250. The van der Waals surface area contributed by atoms with Crippen LogP contribution in [0.25, 0.3) is 11.5 Å². The molecule has 0 aromatic rings. The molecule has 9 nitrogen and oxygen atoms in total. The van der Waals surface area contributed by atoms with Crippen LogP contribution in [-0.2, 0) is 4.74 Å². The van der Waals surface area contributed by atoms with Gasteiger partial charge in [-0.3, -0.25) is 9.55 Å². The zero-order chi connectivity index (χ0) is 15.1. The van der Waals surface area contributed by atoms with Gasteiger partial charge in [-0.1, -0.05) is 0 Å². The van der Waals surface area contributed by atoms with Gasteiger partial charge in [-0.2, -0.15) is 4.98 Å². The van der Waals surface area contributed by atoms with Crippen molar-refractivity contribution in [1.29, 1.82) is 0 Å². The first-order valence-corrected chi connectivity index (χ1v) is 6.60.